The van der Waals surface area contributed by atoms with Crippen LogP contribution in [-0.4, -0.2) is 38.1 Å². The van der Waals surface area contributed by atoms with E-state index in [2.05, 4.69) is 31.1 Å². The minimum Gasteiger partial charge on any atom is -0.320 e. The zero-order chi connectivity index (χ0) is 7.98. The van der Waals surface area contributed by atoms with Gasteiger partial charge in [-0.2, -0.15) is 0 Å². The number of nitrogens with one attached hydrogen (secondary N) is 1. The molecule has 0 bridgehead atoms. The van der Waals surface area contributed by atoms with E-state index in [-0.39, 0.29) is 0 Å². The Bertz CT molecular complexity index is 71.7. The van der Waals surface area contributed by atoms with Crippen molar-refractivity contribution >= 4 is 0 Å². The second kappa shape index (κ2) is 5.69. The molecule has 0 rings (SSSR count). The van der Waals surface area contributed by atoms with Gasteiger partial charge in [-0.3, -0.25) is 0 Å². The highest BCUT2D eigenvalue weighted by Crippen LogP contribution is 1.93. The molecule has 0 atom stereocenters. The largest absolute Gasteiger partial charge is 0.320 e. The van der Waals surface area contributed by atoms with E-state index in [1.165, 1.54) is 13.0 Å². The van der Waals surface area contributed by atoms with Crippen molar-refractivity contribution in [3.8, 4) is 0 Å². The van der Waals surface area contributed by atoms with Crippen LogP contribution in [0.2, 0.25) is 0 Å². The molecule has 0 aromatic rings. The Kier molecular flexibility index (Phi) is 5.64. The van der Waals surface area contributed by atoms with Crippen molar-refractivity contribution in [3.63, 3.8) is 0 Å². The molecule has 0 fully saturated rings. The highest BCUT2D eigenvalue weighted by molar-refractivity contribution is 4.56. The number of nitrogens with zero attached hydrogens (tertiary/aromatic N) is 1. The average Bonchev–Trinajstić information content (AvgIpc) is 1.88. The molecule has 1 N–H and O–H groups in total. The summed E-state index contributed by atoms with van der Waals surface area (Å²) >= 11 is 0. The molecule has 0 heterocycles. The third kappa shape index (κ3) is 4.77. The van der Waals surface area contributed by atoms with Crippen LogP contribution in [0.1, 0.15) is 20.3 Å². The zero-order valence-electron chi connectivity index (χ0n) is 7.65. The monoisotopic (exact) mass is 144 g/mol. The molecule has 10 heavy (non-hydrogen) atoms. The Morgan fingerprint density at radius 1 is 1.40 bits per heavy atom. The van der Waals surface area contributed by atoms with Gasteiger partial charge in [0.15, 0.2) is 0 Å². The molecule has 0 spiro atoms. The predicted molar refractivity (Wildman–Crippen MR) is 46.3 cm³/mol. The zero-order valence-corrected chi connectivity index (χ0v) is 7.65. The van der Waals surface area contributed by atoms with Crippen LogP contribution >= 0.6 is 0 Å². The van der Waals surface area contributed by atoms with E-state index < -0.39 is 0 Å². The second-order valence-electron chi connectivity index (χ2n) is 3.03. The van der Waals surface area contributed by atoms with Crippen molar-refractivity contribution in [3.05, 3.63) is 0 Å². The van der Waals surface area contributed by atoms with Crippen LogP contribution < -0.4 is 5.32 Å². The third-order valence-corrected chi connectivity index (χ3v) is 1.82. The lowest BCUT2D eigenvalue weighted by Gasteiger charge is -2.20. The van der Waals surface area contributed by atoms with Gasteiger partial charge in [0.25, 0.3) is 0 Å². The van der Waals surface area contributed by atoms with Crippen molar-refractivity contribution in [1.29, 1.82) is 0 Å². The summed E-state index contributed by atoms with van der Waals surface area (Å²) in [6.07, 6.45) is 1.24. The lowest BCUT2D eigenvalue weighted by Crippen LogP contribution is -2.28. The van der Waals surface area contributed by atoms with Crippen LogP contribution in [0.5, 0.6) is 0 Å². The smallest absolute Gasteiger partial charge is 0.00355 e. The van der Waals surface area contributed by atoms with Crippen molar-refractivity contribution in [1.82, 2.24) is 10.2 Å². The summed E-state index contributed by atoms with van der Waals surface area (Å²) in [5, 5.41) is 3.14. The Hall–Kier alpha value is -0.0800. The van der Waals surface area contributed by atoms with Crippen molar-refractivity contribution in [2.24, 2.45) is 0 Å². The SMILES string of the molecule is CNCCCN(C)C(C)C. The molecule has 0 aliphatic heterocycles. The molecule has 0 saturated carbocycles. The van der Waals surface area contributed by atoms with Gasteiger partial charge in [-0.25, -0.2) is 0 Å². The molecule has 2 heteroatoms. The topological polar surface area (TPSA) is 15.3 Å². The normalized spacial score (nSPS) is 11.4. The highest BCUT2D eigenvalue weighted by Gasteiger charge is 2.00. The Morgan fingerprint density at radius 3 is 2.40 bits per heavy atom. The van der Waals surface area contributed by atoms with Crippen molar-refractivity contribution in [2.45, 2.75) is 26.3 Å². The Labute approximate surface area is 64.6 Å². The van der Waals surface area contributed by atoms with Crippen molar-refractivity contribution < 1.29 is 0 Å². The van der Waals surface area contributed by atoms with Crippen LogP contribution in [-0.2, 0) is 0 Å². The molecule has 0 aliphatic rings. The van der Waals surface area contributed by atoms with Gasteiger partial charge in [0.05, 0.1) is 0 Å². The second-order valence-corrected chi connectivity index (χ2v) is 3.03. The predicted octanol–water partition coefficient (Wildman–Crippen LogP) is 0.936. The summed E-state index contributed by atoms with van der Waals surface area (Å²) in [4.78, 5) is 2.36. The minimum absolute atomic E-state index is 0.678. The molecule has 2 nitrogen and oxygen atoms in total. The van der Waals surface area contributed by atoms with E-state index in [4.69, 9.17) is 0 Å². The fraction of sp³-hybridized carbons (Fsp3) is 1.00. The van der Waals surface area contributed by atoms with Crippen LogP contribution in [0.4, 0.5) is 0 Å². The average molecular weight is 144 g/mol. The first kappa shape index (κ1) is 9.92. The maximum Gasteiger partial charge on any atom is 0.00355 e. The van der Waals surface area contributed by atoms with E-state index in [1.54, 1.807) is 0 Å². The van der Waals surface area contributed by atoms with Gasteiger partial charge in [0.1, 0.15) is 0 Å². The summed E-state index contributed by atoms with van der Waals surface area (Å²) in [6, 6.07) is 0.678. The fourth-order valence-corrected chi connectivity index (χ4v) is 0.763. The first-order valence-electron chi connectivity index (χ1n) is 4.03. The molecule has 0 radical (unpaired) electrons. The first-order chi connectivity index (χ1) is 4.68. The summed E-state index contributed by atoms with van der Waals surface area (Å²) in [5.41, 5.74) is 0. The molecule has 62 valence electrons. The van der Waals surface area contributed by atoms with Crippen LogP contribution in [0, 0.1) is 0 Å². The summed E-state index contributed by atoms with van der Waals surface area (Å²) < 4.78 is 0. The standard InChI is InChI=1S/C8H20N2/c1-8(2)10(4)7-5-6-9-3/h8-9H,5-7H2,1-4H3. The van der Waals surface area contributed by atoms with Gasteiger partial charge in [-0.15, -0.1) is 0 Å². The summed E-state index contributed by atoms with van der Waals surface area (Å²) in [6.45, 7) is 6.76. The van der Waals surface area contributed by atoms with Gasteiger partial charge < -0.3 is 10.2 Å². The van der Waals surface area contributed by atoms with Crippen LogP contribution in [0.25, 0.3) is 0 Å². The lowest BCUT2D eigenvalue weighted by molar-refractivity contribution is 0.270. The Morgan fingerprint density at radius 2 is 2.00 bits per heavy atom. The highest BCUT2D eigenvalue weighted by atomic mass is 15.1. The molecule has 0 amide bonds. The van der Waals surface area contributed by atoms with Gasteiger partial charge >= 0.3 is 0 Å². The molecular weight excluding hydrogens is 124 g/mol. The van der Waals surface area contributed by atoms with Gasteiger partial charge in [-0.1, -0.05) is 0 Å². The minimum atomic E-state index is 0.678. The van der Waals surface area contributed by atoms with Gasteiger partial charge in [0, 0.05) is 6.04 Å². The molecule has 0 aromatic carbocycles. The summed E-state index contributed by atoms with van der Waals surface area (Å²) in [5.74, 6) is 0. The van der Waals surface area contributed by atoms with Crippen LogP contribution in [0.15, 0.2) is 0 Å². The Balaban J connectivity index is 3.13. The molecule has 0 aliphatic carbocycles. The fourth-order valence-electron chi connectivity index (χ4n) is 0.763. The molecular formula is C8H20N2. The van der Waals surface area contributed by atoms with E-state index in [9.17, 15) is 0 Å². The first-order valence-corrected chi connectivity index (χ1v) is 4.03. The van der Waals surface area contributed by atoms with E-state index in [1.807, 2.05) is 7.05 Å². The van der Waals surface area contributed by atoms with E-state index in [0.29, 0.717) is 6.04 Å². The third-order valence-electron chi connectivity index (χ3n) is 1.82. The van der Waals surface area contributed by atoms with Gasteiger partial charge in [0.2, 0.25) is 0 Å². The van der Waals surface area contributed by atoms with E-state index in [0.717, 1.165) is 6.54 Å². The maximum absolute atomic E-state index is 3.14. The lowest BCUT2D eigenvalue weighted by atomic mass is 10.3. The van der Waals surface area contributed by atoms with Gasteiger partial charge in [-0.05, 0) is 47.5 Å². The van der Waals surface area contributed by atoms with E-state index >= 15 is 0 Å². The summed E-state index contributed by atoms with van der Waals surface area (Å²) in [7, 11) is 4.16. The maximum atomic E-state index is 3.14. The van der Waals surface area contributed by atoms with Crippen LogP contribution in [0.3, 0.4) is 0 Å². The quantitative estimate of drug-likeness (QED) is 0.578. The number of hydrogen-bond acceptors (Lipinski definition) is 2. The molecule has 0 saturated heterocycles. The van der Waals surface area contributed by atoms with Crippen molar-refractivity contribution in [2.75, 3.05) is 27.2 Å². The molecule has 0 aromatic heterocycles. The number of rotatable bonds is 5. The number of hydrogen-bond donors (Lipinski definition) is 1. The molecule has 0 unspecified atom stereocenters.